The van der Waals surface area contributed by atoms with Gasteiger partial charge in [-0.25, -0.2) is 4.79 Å². The number of esters is 1. The van der Waals surface area contributed by atoms with Gasteiger partial charge in [-0.2, -0.15) is 0 Å². The molecule has 2 aromatic rings. The van der Waals surface area contributed by atoms with Gasteiger partial charge in [-0.1, -0.05) is 84.4 Å². The molecule has 3 rings (SSSR count). The Kier molecular flexibility index (Phi) is 42.5. The van der Waals surface area contributed by atoms with Crippen LogP contribution in [0.1, 0.15) is 169 Å². The SMILES string of the molecule is CCC(C)CCCCCCC(=O)NC(Cc1c[nH]c2ccccc12)C(=O)NC(CC(N)=O)C(=O)NC(CC(=O)O)C(=O)NC1C(=O)NCC(=O)NC(CCCN)C(=O)NC(CC(=O)O)C(=O)NC(CCCCN)C(=O)NC(CC(=O)O)C(=O)NCC(=O)NC(CC(N)=O)C(=O)NC(CCC(=O)O)C(=O)NC(C(C)CC)C(=O)OC1C. The van der Waals surface area contributed by atoms with E-state index >= 15 is 0 Å². The summed E-state index contributed by atoms with van der Waals surface area (Å²) < 4.78 is 5.72. The first-order chi connectivity index (χ1) is 54.3. The van der Waals surface area contributed by atoms with Crippen LogP contribution >= 0.6 is 0 Å². The number of nitrogens with two attached hydrogens (primary N) is 4. The van der Waals surface area contributed by atoms with E-state index in [4.69, 9.17) is 27.7 Å². The van der Waals surface area contributed by atoms with Gasteiger partial charge in [0, 0.05) is 36.4 Å². The number of carbonyl (C=O) groups excluding carboxylic acids is 16. The summed E-state index contributed by atoms with van der Waals surface area (Å²) in [5.74, 6) is -27.9. The maximum Gasteiger partial charge on any atom is 0.329 e. The Morgan fingerprint density at radius 3 is 1.57 bits per heavy atom. The van der Waals surface area contributed by atoms with Crippen LogP contribution in [0.25, 0.3) is 10.9 Å². The third kappa shape index (κ3) is 35.8. The van der Waals surface area contributed by atoms with Gasteiger partial charge in [-0.3, -0.25) is 91.1 Å². The summed E-state index contributed by atoms with van der Waals surface area (Å²) in [6, 6.07) is -14.8. The zero-order valence-corrected chi connectivity index (χ0v) is 64.8. The van der Waals surface area contributed by atoms with E-state index in [-0.39, 0.29) is 64.5 Å². The Bertz CT molecular complexity index is 3780. The van der Waals surface area contributed by atoms with Crippen LogP contribution in [0.3, 0.4) is 0 Å². The molecular formula is C72H110N18O25. The summed E-state index contributed by atoms with van der Waals surface area (Å²) in [5.41, 5.74) is 23.6. The Labute approximate surface area is 661 Å². The van der Waals surface area contributed by atoms with Crippen molar-refractivity contribution in [1.29, 1.82) is 0 Å². The number of para-hydroxylation sites is 1. The molecule has 1 saturated heterocycles. The predicted molar refractivity (Wildman–Crippen MR) is 404 cm³/mol. The van der Waals surface area contributed by atoms with Crippen LogP contribution in [0.15, 0.2) is 30.5 Å². The number of amides is 15. The predicted octanol–water partition coefficient (Wildman–Crippen LogP) is -5.44. The van der Waals surface area contributed by atoms with Gasteiger partial charge in [-0.05, 0) is 88.4 Å². The molecule has 1 aromatic carbocycles. The van der Waals surface area contributed by atoms with E-state index in [0.717, 1.165) is 32.6 Å². The largest absolute Gasteiger partial charge is 0.481 e. The number of benzene rings is 1. The number of carbonyl (C=O) groups is 20. The molecule has 15 amide bonds. The van der Waals surface area contributed by atoms with E-state index in [1.807, 2.05) is 5.32 Å². The van der Waals surface area contributed by atoms with Gasteiger partial charge in [0.25, 0.3) is 0 Å². The molecule has 14 unspecified atom stereocenters. The number of nitrogens with one attached hydrogen (secondary N) is 14. The van der Waals surface area contributed by atoms with Crippen molar-refractivity contribution in [1.82, 2.24) is 74.1 Å². The van der Waals surface area contributed by atoms with Gasteiger partial charge < -0.3 is 122 Å². The average Bonchev–Trinajstić information content (AvgIpc) is 1.76. The highest BCUT2D eigenvalue weighted by Gasteiger charge is 2.41. The molecule has 638 valence electrons. The standard InChI is InChI=1S/C72H110N18O25/c1-6-36(3)17-10-8-9-11-22-53(93)81-45(27-39-33-77-41-19-13-12-18-40(39)41)66(108)85-47(29-52(76)92)68(110)88-50(32-59(102)103)70(112)90-61-38(5)115-72(114)60(37(4)7-2)89-65(107)44(23-24-56(96)97)84-67(109)46(28-51(75)91)82-55(95)34-78-62(104)48(30-57(98)99)86-64(106)43(20-14-15-25-73)83-69(111)49(31-58(100)101)87-63(105)42(21-16-26-74)80-54(94)35-79-71(61)113/h12-13,18-19,33,36-38,42-50,60-61,77H,6-11,14-17,20-32,34-35,73-74H2,1-5H3,(H2,75,91)(H2,76,92)(H,78,104)(H,79,113)(H,80,94)(H,81,93)(H,82,95)(H,83,111)(H,84,109)(H,85,108)(H,86,106)(H,87,105)(H,88,110)(H,89,107)(H,90,112)(H,96,97)(H,98,99)(H,100,101)(H,102,103). The monoisotopic (exact) mass is 1630 g/mol. The number of ether oxygens (including phenoxy) is 1. The Morgan fingerprint density at radius 1 is 0.504 bits per heavy atom. The molecular weight excluding hydrogens is 1520 g/mol. The van der Waals surface area contributed by atoms with Crippen molar-refractivity contribution in [3.8, 4) is 0 Å². The molecule has 43 heteroatoms. The quantitative estimate of drug-likeness (QED) is 0.0219. The Balaban J connectivity index is 2.24. The first-order valence-electron chi connectivity index (χ1n) is 37.8. The third-order valence-electron chi connectivity index (χ3n) is 18.6. The molecule has 1 aliphatic heterocycles. The van der Waals surface area contributed by atoms with Gasteiger partial charge in [0.05, 0.1) is 45.2 Å². The molecule has 115 heavy (non-hydrogen) atoms. The van der Waals surface area contributed by atoms with Crippen LogP contribution in [-0.2, 0) is 107 Å². The highest BCUT2D eigenvalue weighted by Crippen LogP contribution is 2.21. The average molecular weight is 1630 g/mol. The number of aromatic amines is 1. The summed E-state index contributed by atoms with van der Waals surface area (Å²) in [4.78, 5) is 275. The molecule has 0 saturated carbocycles. The molecule has 1 aromatic heterocycles. The van der Waals surface area contributed by atoms with Crippen molar-refractivity contribution in [2.75, 3.05) is 26.2 Å². The molecule has 0 radical (unpaired) electrons. The van der Waals surface area contributed by atoms with E-state index in [1.54, 1.807) is 30.5 Å². The fourth-order valence-electron chi connectivity index (χ4n) is 11.8. The fraction of sp³-hybridized carbons (Fsp3) is 0.611. The number of unbranched alkanes of at least 4 members (excludes halogenated alkanes) is 4. The lowest BCUT2D eigenvalue weighted by Gasteiger charge is -2.30. The molecule has 0 spiro atoms. The lowest BCUT2D eigenvalue weighted by molar-refractivity contribution is -0.157. The van der Waals surface area contributed by atoms with Crippen LogP contribution < -0.4 is 92.1 Å². The molecule has 14 atom stereocenters. The van der Waals surface area contributed by atoms with Gasteiger partial charge in [0.1, 0.15) is 72.6 Å². The topological polar surface area (TPSA) is 708 Å². The number of primary amides is 2. The number of rotatable bonds is 39. The minimum absolute atomic E-state index is 0.00710. The number of carboxylic acid groups (broad SMARTS) is 4. The first kappa shape index (κ1) is 97.3. The Hall–Kier alpha value is -11.9. The molecule has 2 heterocycles. The second-order valence-electron chi connectivity index (χ2n) is 28.0. The lowest BCUT2D eigenvalue weighted by atomic mass is 9.98. The number of hydrogen-bond acceptors (Lipinski definition) is 23. The summed E-state index contributed by atoms with van der Waals surface area (Å²) in [5, 5.41) is 69.2. The van der Waals surface area contributed by atoms with Crippen molar-refractivity contribution >= 4 is 129 Å². The molecule has 1 aliphatic rings. The van der Waals surface area contributed by atoms with Crippen molar-refractivity contribution in [3.05, 3.63) is 36.0 Å². The second-order valence-corrected chi connectivity index (χ2v) is 28.0. The van der Waals surface area contributed by atoms with E-state index in [0.29, 0.717) is 35.2 Å². The summed E-state index contributed by atoms with van der Waals surface area (Å²) in [6.07, 6.45) is -3.78. The lowest BCUT2D eigenvalue weighted by Crippen LogP contribution is -2.62. The third-order valence-corrected chi connectivity index (χ3v) is 18.6. The first-order valence-corrected chi connectivity index (χ1v) is 37.8. The smallest absolute Gasteiger partial charge is 0.329 e. The molecule has 0 aliphatic carbocycles. The number of aliphatic carboxylic acids is 4. The van der Waals surface area contributed by atoms with Crippen molar-refractivity contribution < 1.29 is 121 Å². The highest BCUT2D eigenvalue weighted by atomic mass is 16.5. The minimum atomic E-state index is -2.33. The molecule has 1 fully saturated rings. The van der Waals surface area contributed by atoms with Crippen LogP contribution in [0, 0.1) is 11.8 Å². The van der Waals surface area contributed by atoms with E-state index in [1.165, 1.54) is 13.8 Å². The van der Waals surface area contributed by atoms with Gasteiger partial charge in [-0.15, -0.1) is 0 Å². The van der Waals surface area contributed by atoms with Crippen molar-refractivity contribution in [3.63, 3.8) is 0 Å². The molecule has 26 N–H and O–H groups in total. The molecule has 0 bridgehead atoms. The van der Waals surface area contributed by atoms with E-state index < -0.39 is 255 Å². The van der Waals surface area contributed by atoms with Crippen molar-refractivity contribution in [2.45, 2.75) is 242 Å². The van der Waals surface area contributed by atoms with E-state index in [2.05, 4.69) is 82.6 Å². The molecule has 43 nitrogen and oxygen atoms in total. The van der Waals surface area contributed by atoms with Gasteiger partial charge in [0.15, 0.2) is 0 Å². The highest BCUT2D eigenvalue weighted by molar-refractivity contribution is 6.02. The van der Waals surface area contributed by atoms with Crippen LogP contribution in [-0.4, -0.2) is 243 Å². The Morgan fingerprint density at radius 2 is 1.01 bits per heavy atom. The number of H-pyrrole nitrogens is 1. The number of fused-ring (bicyclic) bond motifs is 1. The zero-order valence-electron chi connectivity index (χ0n) is 64.8. The maximum absolute atomic E-state index is 14.7. The fourth-order valence-corrected chi connectivity index (χ4v) is 11.8. The number of carboxylic acids is 4. The summed E-state index contributed by atoms with van der Waals surface area (Å²) in [6.45, 7) is 5.60. The zero-order chi connectivity index (χ0) is 86.2. The van der Waals surface area contributed by atoms with Crippen LogP contribution in [0.2, 0.25) is 0 Å². The maximum atomic E-state index is 14.7. The number of cyclic esters (lactones) is 1. The van der Waals surface area contributed by atoms with Gasteiger partial charge in [0.2, 0.25) is 88.6 Å². The summed E-state index contributed by atoms with van der Waals surface area (Å²) in [7, 11) is 0. The second kappa shape index (κ2) is 50.2. The van der Waals surface area contributed by atoms with Gasteiger partial charge >= 0.3 is 29.8 Å². The van der Waals surface area contributed by atoms with Crippen LogP contribution in [0.4, 0.5) is 0 Å². The van der Waals surface area contributed by atoms with Crippen LogP contribution in [0.5, 0.6) is 0 Å². The number of hydrogen-bond donors (Lipinski definition) is 22. The normalized spacial score (nSPS) is 21.5. The van der Waals surface area contributed by atoms with Crippen molar-refractivity contribution in [2.24, 2.45) is 34.8 Å². The number of aromatic nitrogens is 1. The summed E-state index contributed by atoms with van der Waals surface area (Å²) >= 11 is 0. The van der Waals surface area contributed by atoms with E-state index in [9.17, 15) is 116 Å². The minimum Gasteiger partial charge on any atom is -0.481 e.